The zero-order chi connectivity index (χ0) is 14.4. The zero-order valence-corrected chi connectivity index (χ0v) is 12.4. The number of hydrogen-bond acceptors (Lipinski definition) is 4. The molecule has 0 saturated heterocycles. The molecular weight excluding hydrogens is 330 g/mol. The predicted octanol–water partition coefficient (Wildman–Crippen LogP) is 3.31. The standard InChI is InChI=1S/C15H10BrN5/c16-9-5-6-12-10(7-9)15(11(17)8-18-12)21-14-4-2-1-3-13(14)19-20-21/h1-8H,17H2. The summed E-state index contributed by atoms with van der Waals surface area (Å²) in [6.07, 6.45) is 1.65. The number of rotatable bonds is 1. The van der Waals surface area contributed by atoms with Crippen LogP contribution in [0.15, 0.2) is 53.1 Å². The smallest absolute Gasteiger partial charge is 0.113 e. The third-order valence-corrected chi connectivity index (χ3v) is 3.89. The van der Waals surface area contributed by atoms with Crippen LogP contribution >= 0.6 is 15.9 Å². The predicted molar refractivity (Wildman–Crippen MR) is 86.3 cm³/mol. The van der Waals surface area contributed by atoms with Gasteiger partial charge in [-0.05, 0) is 30.3 Å². The number of benzene rings is 2. The Morgan fingerprint density at radius 1 is 1.05 bits per heavy atom. The van der Waals surface area contributed by atoms with Crippen LogP contribution in [0.1, 0.15) is 0 Å². The molecule has 2 heterocycles. The van der Waals surface area contributed by atoms with Crippen LogP contribution < -0.4 is 5.73 Å². The highest BCUT2D eigenvalue weighted by atomic mass is 79.9. The maximum atomic E-state index is 6.15. The lowest BCUT2D eigenvalue weighted by Crippen LogP contribution is -2.03. The zero-order valence-electron chi connectivity index (χ0n) is 10.9. The van der Waals surface area contributed by atoms with E-state index < -0.39 is 0 Å². The van der Waals surface area contributed by atoms with Gasteiger partial charge in [0.25, 0.3) is 0 Å². The van der Waals surface area contributed by atoms with Crippen LogP contribution in [0.5, 0.6) is 0 Å². The Hall–Kier alpha value is -2.47. The molecule has 0 radical (unpaired) electrons. The van der Waals surface area contributed by atoms with Gasteiger partial charge in [-0.2, -0.15) is 0 Å². The monoisotopic (exact) mass is 339 g/mol. The Labute approximate surface area is 128 Å². The highest BCUT2D eigenvalue weighted by Gasteiger charge is 2.13. The van der Waals surface area contributed by atoms with Crippen molar-refractivity contribution in [1.82, 2.24) is 20.0 Å². The van der Waals surface area contributed by atoms with Crippen LogP contribution in [0.25, 0.3) is 27.6 Å². The summed E-state index contributed by atoms with van der Waals surface area (Å²) < 4.78 is 2.73. The summed E-state index contributed by atoms with van der Waals surface area (Å²) in [5.74, 6) is 0. The third kappa shape index (κ3) is 1.87. The lowest BCUT2D eigenvalue weighted by molar-refractivity contribution is 0.829. The number of aromatic nitrogens is 4. The summed E-state index contributed by atoms with van der Waals surface area (Å²) in [4.78, 5) is 4.37. The molecule has 21 heavy (non-hydrogen) atoms. The molecule has 0 aliphatic carbocycles. The van der Waals surface area contributed by atoms with Gasteiger partial charge in [0.2, 0.25) is 0 Å². The van der Waals surface area contributed by atoms with Gasteiger partial charge in [-0.1, -0.05) is 33.3 Å². The number of fused-ring (bicyclic) bond motifs is 2. The first-order valence-electron chi connectivity index (χ1n) is 6.38. The Morgan fingerprint density at radius 3 is 2.81 bits per heavy atom. The molecule has 2 aromatic carbocycles. The van der Waals surface area contributed by atoms with Crippen LogP contribution in [0.2, 0.25) is 0 Å². The van der Waals surface area contributed by atoms with Gasteiger partial charge in [-0.15, -0.1) is 5.10 Å². The number of hydrogen-bond donors (Lipinski definition) is 1. The lowest BCUT2D eigenvalue weighted by atomic mass is 10.1. The Bertz CT molecular complexity index is 971. The van der Waals surface area contributed by atoms with E-state index in [-0.39, 0.29) is 0 Å². The Kier molecular flexibility index (Phi) is 2.65. The van der Waals surface area contributed by atoms with Gasteiger partial charge in [-0.3, -0.25) is 4.98 Å². The van der Waals surface area contributed by atoms with E-state index in [0.717, 1.165) is 32.1 Å². The Balaban J connectivity index is 2.14. The van der Waals surface area contributed by atoms with Crippen molar-refractivity contribution < 1.29 is 0 Å². The van der Waals surface area contributed by atoms with Crippen LogP contribution in [0.3, 0.4) is 0 Å². The quantitative estimate of drug-likeness (QED) is 0.577. The van der Waals surface area contributed by atoms with Crippen molar-refractivity contribution in [2.75, 3.05) is 5.73 Å². The van der Waals surface area contributed by atoms with E-state index in [1.54, 1.807) is 10.9 Å². The molecule has 0 atom stereocenters. The minimum atomic E-state index is 0.566. The molecule has 6 heteroatoms. The largest absolute Gasteiger partial charge is 0.396 e. The topological polar surface area (TPSA) is 69.6 Å². The first-order chi connectivity index (χ1) is 10.2. The van der Waals surface area contributed by atoms with E-state index in [1.165, 1.54) is 0 Å². The number of nitrogen functional groups attached to an aromatic ring is 1. The van der Waals surface area contributed by atoms with Crippen molar-refractivity contribution in [3.8, 4) is 5.69 Å². The van der Waals surface area contributed by atoms with Gasteiger partial charge in [-0.25, -0.2) is 4.68 Å². The van der Waals surface area contributed by atoms with Crippen LogP contribution in [0, 0.1) is 0 Å². The van der Waals surface area contributed by atoms with Crippen molar-refractivity contribution in [2.45, 2.75) is 0 Å². The SMILES string of the molecule is Nc1cnc2ccc(Br)cc2c1-n1nnc2ccccc21. The molecule has 4 aromatic rings. The van der Waals surface area contributed by atoms with Crippen molar-refractivity contribution in [3.05, 3.63) is 53.1 Å². The molecule has 0 aliphatic rings. The number of nitrogens with zero attached hydrogens (tertiary/aromatic N) is 4. The van der Waals surface area contributed by atoms with Gasteiger partial charge >= 0.3 is 0 Å². The molecule has 0 aliphatic heterocycles. The highest BCUT2D eigenvalue weighted by molar-refractivity contribution is 9.10. The fourth-order valence-electron chi connectivity index (χ4n) is 2.44. The molecule has 4 rings (SSSR count). The lowest BCUT2D eigenvalue weighted by Gasteiger charge is -2.10. The molecule has 0 amide bonds. The molecular formula is C15H10BrN5. The maximum absolute atomic E-state index is 6.15. The number of nitrogens with two attached hydrogens (primary N) is 1. The van der Waals surface area contributed by atoms with E-state index in [1.807, 2.05) is 42.5 Å². The third-order valence-electron chi connectivity index (χ3n) is 3.39. The minimum Gasteiger partial charge on any atom is -0.396 e. The van der Waals surface area contributed by atoms with Crippen molar-refractivity contribution in [2.24, 2.45) is 0 Å². The molecule has 0 saturated carbocycles. The van der Waals surface area contributed by atoms with Crippen LogP contribution in [0.4, 0.5) is 5.69 Å². The molecule has 2 N–H and O–H groups in total. The van der Waals surface area contributed by atoms with Gasteiger partial charge < -0.3 is 5.73 Å². The molecule has 5 nitrogen and oxygen atoms in total. The summed E-state index contributed by atoms with van der Waals surface area (Å²) in [5.41, 5.74) is 10.1. The van der Waals surface area contributed by atoms with E-state index >= 15 is 0 Å². The second-order valence-electron chi connectivity index (χ2n) is 4.71. The average molecular weight is 340 g/mol. The van der Waals surface area contributed by atoms with Gasteiger partial charge in [0.15, 0.2) is 0 Å². The second kappa shape index (κ2) is 4.53. The summed E-state index contributed by atoms with van der Waals surface area (Å²) in [6, 6.07) is 13.7. The molecule has 0 spiro atoms. The average Bonchev–Trinajstić information content (AvgIpc) is 2.91. The van der Waals surface area contributed by atoms with Crippen LogP contribution in [-0.2, 0) is 0 Å². The maximum Gasteiger partial charge on any atom is 0.113 e. The Morgan fingerprint density at radius 2 is 1.90 bits per heavy atom. The van der Waals surface area contributed by atoms with Crippen molar-refractivity contribution >= 4 is 43.6 Å². The molecule has 0 unspecified atom stereocenters. The van der Waals surface area contributed by atoms with Gasteiger partial charge in [0.05, 0.1) is 22.9 Å². The molecule has 0 fully saturated rings. The molecule has 102 valence electrons. The second-order valence-corrected chi connectivity index (χ2v) is 5.63. The van der Waals surface area contributed by atoms with E-state index in [2.05, 4.69) is 31.2 Å². The first kappa shape index (κ1) is 12.3. The molecule has 0 bridgehead atoms. The number of pyridine rings is 1. The summed E-state index contributed by atoms with van der Waals surface area (Å²) in [5, 5.41) is 9.37. The minimum absolute atomic E-state index is 0.566. The highest BCUT2D eigenvalue weighted by Crippen LogP contribution is 2.30. The summed E-state index contributed by atoms with van der Waals surface area (Å²) >= 11 is 3.49. The molecule has 2 aromatic heterocycles. The normalized spacial score (nSPS) is 11.3. The van der Waals surface area contributed by atoms with Gasteiger partial charge in [0.1, 0.15) is 11.2 Å². The van der Waals surface area contributed by atoms with E-state index in [0.29, 0.717) is 5.69 Å². The van der Waals surface area contributed by atoms with E-state index in [9.17, 15) is 0 Å². The summed E-state index contributed by atoms with van der Waals surface area (Å²) in [6.45, 7) is 0. The van der Waals surface area contributed by atoms with Crippen LogP contribution in [-0.4, -0.2) is 20.0 Å². The fraction of sp³-hybridized carbons (Fsp3) is 0. The van der Waals surface area contributed by atoms with Gasteiger partial charge in [0, 0.05) is 9.86 Å². The van der Waals surface area contributed by atoms with Crippen molar-refractivity contribution in [1.29, 1.82) is 0 Å². The number of halogens is 1. The fourth-order valence-corrected chi connectivity index (χ4v) is 2.80. The summed E-state index contributed by atoms with van der Waals surface area (Å²) in [7, 11) is 0. The first-order valence-corrected chi connectivity index (χ1v) is 7.18. The van der Waals surface area contributed by atoms with Crippen molar-refractivity contribution in [3.63, 3.8) is 0 Å². The number of para-hydroxylation sites is 1. The van der Waals surface area contributed by atoms with E-state index in [4.69, 9.17) is 5.73 Å². The number of anilines is 1.